The summed E-state index contributed by atoms with van der Waals surface area (Å²) in [6, 6.07) is 13.2. The van der Waals surface area contributed by atoms with Crippen LogP contribution < -0.4 is 4.74 Å². The monoisotopic (exact) mass is 607 g/mol. The minimum Gasteiger partial charge on any atom is -0.450 e. The quantitative estimate of drug-likeness (QED) is 0.461. The molecule has 0 N–H and O–H groups in total. The summed E-state index contributed by atoms with van der Waals surface area (Å²) in [5, 5.41) is 0. The summed E-state index contributed by atoms with van der Waals surface area (Å²) < 4.78 is 76.0. The molecule has 228 valence electrons. The zero-order chi connectivity index (χ0) is 29.7. The second-order valence-corrected chi connectivity index (χ2v) is 13.8. The van der Waals surface area contributed by atoms with Crippen LogP contribution in [-0.4, -0.2) is 79.3 Å². The van der Waals surface area contributed by atoms with Gasteiger partial charge >= 0.3 is 12.5 Å². The first-order valence-corrected chi connectivity index (χ1v) is 16.1. The highest BCUT2D eigenvalue weighted by molar-refractivity contribution is 7.89. The van der Waals surface area contributed by atoms with Crippen molar-refractivity contribution in [3.05, 3.63) is 59.7 Å². The fourth-order valence-electron chi connectivity index (χ4n) is 7.66. The number of benzene rings is 2. The van der Waals surface area contributed by atoms with Gasteiger partial charge in [-0.15, -0.1) is 13.2 Å². The van der Waals surface area contributed by atoms with Gasteiger partial charge in [-0.3, -0.25) is 0 Å². The predicted molar refractivity (Wildman–Crippen MR) is 148 cm³/mol. The third kappa shape index (κ3) is 5.48. The van der Waals surface area contributed by atoms with Crippen LogP contribution in [0.15, 0.2) is 53.4 Å². The second kappa shape index (κ2) is 11.0. The highest BCUT2D eigenvalue weighted by Crippen LogP contribution is 2.45. The number of sulfonamides is 1. The van der Waals surface area contributed by atoms with E-state index < -0.39 is 22.1 Å². The number of rotatable bonds is 5. The first kappa shape index (κ1) is 29.3. The smallest absolute Gasteiger partial charge is 0.450 e. The van der Waals surface area contributed by atoms with Crippen LogP contribution in [0, 0.1) is 0 Å². The molecule has 0 aromatic heterocycles. The Morgan fingerprint density at radius 2 is 1.62 bits per heavy atom. The Bertz CT molecular complexity index is 1400. The fourth-order valence-corrected chi connectivity index (χ4v) is 9.17. The van der Waals surface area contributed by atoms with Crippen LogP contribution >= 0.6 is 0 Å². The Kier molecular flexibility index (Phi) is 7.68. The Hall–Kier alpha value is -2.83. The van der Waals surface area contributed by atoms with Gasteiger partial charge in [-0.2, -0.15) is 4.31 Å². The molecule has 3 fully saturated rings. The molecule has 6 rings (SSSR count). The van der Waals surface area contributed by atoms with Crippen LogP contribution in [0.1, 0.15) is 56.6 Å². The van der Waals surface area contributed by atoms with E-state index in [1.165, 1.54) is 22.0 Å². The van der Waals surface area contributed by atoms with Gasteiger partial charge in [0.1, 0.15) is 5.75 Å². The number of nitrogens with zero attached hydrogens (tertiary/aromatic N) is 3. The third-order valence-corrected chi connectivity index (χ3v) is 11.4. The number of ether oxygens (including phenoxy) is 2. The van der Waals surface area contributed by atoms with Crippen LogP contribution in [0.25, 0.3) is 0 Å². The molecule has 1 amide bonds. The highest BCUT2D eigenvalue weighted by Gasteiger charge is 2.49. The normalized spacial score (nSPS) is 26.2. The van der Waals surface area contributed by atoms with Crippen molar-refractivity contribution in [3.63, 3.8) is 0 Å². The van der Waals surface area contributed by atoms with Crippen LogP contribution in [0.3, 0.4) is 0 Å². The predicted octanol–water partition coefficient (Wildman–Crippen LogP) is 5.28. The maximum atomic E-state index is 13.8. The maximum Gasteiger partial charge on any atom is 0.573 e. The Balaban J connectivity index is 1.18. The van der Waals surface area contributed by atoms with E-state index in [1.54, 1.807) is 0 Å². The molecule has 8 nitrogen and oxygen atoms in total. The first-order chi connectivity index (χ1) is 20.0. The Labute approximate surface area is 244 Å². The lowest BCUT2D eigenvalue weighted by Gasteiger charge is -2.51. The largest absolute Gasteiger partial charge is 0.573 e. The maximum absolute atomic E-state index is 13.8. The average Bonchev–Trinajstić information content (AvgIpc) is 3.22. The van der Waals surface area contributed by atoms with Gasteiger partial charge in [-0.25, -0.2) is 13.2 Å². The summed E-state index contributed by atoms with van der Waals surface area (Å²) in [7, 11) is -3.97. The Morgan fingerprint density at radius 3 is 2.24 bits per heavy atom. The summed E-state index contributed by atoms with van der Waals surface area (Å²) >= 11 is 0. The summed E-state index contributed by atoms with van der Waals surface area (Å²) in [4.78, 5) is 16.9. The molecule has 0 saturated carbocycles. The molecule has 3 saturated heterocycles. The van der Waals surface area contributed by atoms with Crippen molar-refractivity contribution in [1.82, 2.24) is 14.1 Å². The molecule has 4 aliphatic rings. The van der Waals surface area contributed by atoms with Crippen LogP contribution in [0.2, 0.25) is 0 Å². The van der Waals surface area contributed by atoms with Crippen LogP contribution in [0.4, 0.5) is 18.0 Å². The molecular formula is C30H36F3N3O5S. The van der Waals surface area contributed by atoms with Gasteiger partial charge in [-0.05, 0) is 93.9 Å². The molecule has 2 bridgehead atoms. The van der Waals surface area contributed by atoms with Crippen molar-refractivity contribution in [3.8, 4) is 5.75 Å². The minimum atomic E-state index is -4.85. The summed E-state index contributed by atoms with van der Waals surface area (Å²) in [6.07, 6.45) is 0.381. The van der Waals surface area contributed by atoms with E-state index in [-0.39, 0.29) is 35.0 Å². The van der Waals surface area contributed by atoms with E-state index >= 15 is 0 Å². The number of fused-ring (bicyclic) bond motifs is 4. The van der Waals surface area contributed by atoms with Crippen LogP contribution in [-0.2, 0) is 26.7 Å². The number of hydrogen-bond donors (Lipinski definition) is 0. The number of likely N-dealkylation sites (tertiary alicyclic amines) is 1. The van der Waals surface area contributed by atoms with Gasteiger partial charge < -0.3 is 19.3 Å². The topological polar surface area (TPSA) is 79.4 Å². The van der Waals surface area contributed by atoms with E-state index in [4.69, 9.17) is 4.74 Å². The van der Waals surface area contributed by atoms with Crippen molar-refractivity contribution in [2.24, 2.45) is 0 Å². The van der Waals surface area contributed by atoms with Crippen molar-refractivity contribution < 1.29 is 35.9 Å². The van der Waals surface area contributed by atoms with E-state index in [0.717, 1.165) is 69.3 Å². The van der Waals surface area contributed by atoms with Crippen molar-refractivity contribution >= 4 is 16.1 Å². The standard InChI is InChI=1S/C30H36F3N3O5S/c1-2-40-28(37)36-22-7-8-23(36)18-24(17-22)34-15-13-29(14-16-34)20-35(19-21-5-3-4-6-27(21)29)42(38,39)26-11-9-25(10-12-26)41-30(31,32)33/h3-6,9-12,22-24H,2,7-8,13-20H2,1H3. The fraction of sp³-hybridized carbons (Fsp3) is 0.567. The summed E-state index contributed by atoms with van der Waals surface area (Å²) in [5.74, 6) is -0.462. The van der Waals surface area contributed by atoms with E-state index in [0.29, 0.717) is 19.2 Å². The molecular weight excluding hydrogens is 571 g/mol. The van der Waals surface area contributed by atoms with E-state index in [1.807, 2.05) is 30.0 Å². The number of carbonyl (C=O) groups excluding carboxylic acids is 1. The van der Waals surface area contributed by atoms with Gasteiger partial charge in [0, 0.05) is 36.6 Å². The molecule has 12 heteroatoms. The molecule has 1 spiro atoms. The second-order valence-electron chi connectivity index (χ2n) is 11.9. The lowest BCUT2D eigenvalue weighted by atomic mass is 9.69. The van der Waals surface area contributed by atoms with Gasteiger partial charge in [-0.1, -0.05) is 24.3 Å². The molecule has 2 aromatic carbocycles. The SMILES string of the molecule is CCOC(=O)N1C2CCC1CC(N1CCC3(CC1)CN(S(=O)(=O)c1ccc(OC(F)(F)F)cc1)Cc1ccccc13)C2. The van der Waals surface area contributed by atoms with Crippen molar-refractivity contribution in [2.45, 2.75) is 86.8 Å². The number of carbonyl (C=O) groups is 1. The van der Waals surface area contributed by atoms with Gasteiger partial charge in [0.25, 0.3) is 0 Å². The van der Waals surface area contributed by atoms with Crippen molar-refractivity contribution in [1.29, 1.82) is 0 Å². The van der Waals surface area contributed by atoms with Gasteiger partial charge in [0.05, 0.1) is 11.5 Å². The number of hydrogen-bond acceptors (Lipinski definition) is 6. The number of halogens is 3. The third-order valence-electron chi connectivity index (χ3n) is 9.57. The van der Waals surface area contributed by atoms with Crippen LogP contribution in [0.5, 0.6) is 5.75 Å². The molecule has 2 unspecified atom stereocenters. The molecule has 42 heavy (non-hydrogen) atoms. The highest BCUT2D eigenvalue weighted by atomic mass is 32.2. The number of alkyl halides is 3. The molecule has 2 atom stereocenters. The minimum absolute atomic E-state index is 0.0622. The number of amides is 1. The lowest BCUT2D eigenvalue weighted by molar-refractivity contribution is -0.274. The van der Waals surface area contributed by atoms with Gasteiger partial charge in [0.15, 0.2) is 0 Å². The molecule has 0 aliphatic carbocycles. The summed E-state index contributed by atoms with van der Waals surface area (Å²) in [5.41, 5.74) is 1.78. The van der Waals surface area contributed by atoms with E-state index in [2.05, 4.69) is 15.7 Å². The van der Waals surface area contributed by atoms with E-state index in [9.17, 15) is 26.4 Å². The molecule has 4 heterocycles. The molecule has 0 radical (unpaired) electrons. The average molecular weight is 608 g/mol. The lowest BCUT2D eigenvalue weighted by Crippen LogP contribution is -2.57. The van der Waals surface area contributed by atoms with Crippen molar-refractivity contribution in [2.75, 3.05) is 26.2 Å². The van der Waals surface area contributed by atoms with Gasteiger partial charge in [0.2, 0.25) is 10.0 Å². The molecule has 2 aromatic rings. The number of piperidine rings is 2. The zero-order valence-electron chi connectivity index (χ0n) is 23.6. The zero-order valence-corrected chi connectivity index (χ0v) is 24.4. The first-order valence-electron chi connectivity index (χ1n) is 14.6. The summed E-state index contributed by atoms with van der Waals surface area (Å²) in [6.45, 7) is 4.38. The molecule has 4 aliphatic heterocycles. The Morgan fingerprint density at radius 1 is 0.976 bits per heavy atom.